The molecule has 2 N–H and O–H groups in total. The zero-order valence-corrected chi connectivity index (χ0v) is 16.6. The molecule has 0 aliphatic carbocycles. The lowest BCUT2D eigenvalue weighted by molar-refractivity contribution is -0.906. The molecule has 0 saturated carbocycles. The Balaban J connectivity index is 1.38. The van der Waals surface area contributed by atoms with E-state index in [1.807, 2.05) is 6.07 Å². The molecule has 2 aromatic carbocycles. The number of piperidine rings is 1. The number of likely N-dealkylation sites (tertiary alicyclic amines) is 1. The number of hydrogen-bond acceptors (Lipinski definition) is 5. The summed E-state index contributed by atoms with van der Waals surface area (Å²) in [6.45, 7) is 5.98. The van der Waals surface area contributed by atoms with Gasteiger partial charge in [-0.2, -0.15) is 5.01 Å². The summed E-state index contributed by atoms with van der Waals surface area (Å²) in [5.74, 6) is 2.63. The maximum Gasteiger partial charge on any atom is 0.231 e. The van der Waals surface area contributed by atoms with Crippen molar-refractivity contribution in [3.05, 3.63) is 59.7 Å². The highest BCUT2D eigenvalue weighted by Crippen LogP contribution is 2.48. The van der Waals surface area contributed by atoms with E-state index < -0.39 is 0 Å². The molecule has 1 saturated heterocycles. The third-order valence-electron chi connectivity index (χ3n) is 6.74. The quantitative estimate of drug-likeness (QED) is 0.820. The van der Waals surface area contributed by atoms with E-state index in [0.717, 1.165) is 54.4 Å². The van der Waals surface area contributed by atoms with E-state index in [1.165, 1.54) is 12.1 Å². The molecule has 0 unspecified atom stereocenters. The molecule has 6 heteroatoms. The number of benzene rings is 2. The highest BCUT2D eigenvalue weighted by atomic mass is 16.7. The normalized spacial score (nSPS) is 29.6. The molecular weight excluding hydrogens is 366 g/mol. The van der Waals surface area contributed by atoms with E-state index in [-0.39, 0.29) is 11.8 Å². The molecule has 0 amide bonds. The summed E-state index contributed by atoms with van der Waals surface area (Å²) in [5, 5.41) is 2.35. The van der Waals surface area contributed by atoms with Gasteiger partial charge in [0.1, 0.15) is 5.75 Å². The molecule has 4 aliphatic rings. The molecule has 29 heavy (non-hydrogen) atoms. The van der Waals surface area contributed by atoms with Crippen molar-refractivity contribution in [2.75, 3.05) is 26.4 Å². The number of quaternary nitrogens is 1. The number of hydrogen-bond donors (Lipinski definition) is 2. The van der Waals surface area contributed by atoms with Crippen molar-refractivity contribution < 1.29 is 19.1 Å². The highest BCUT2D eigenvalue weighted by molar-refractivity contribution is 5.70. The third-order valence-corrected chi connectivity index (χ3v) is 6.74. The average Bonchev–Trinajstić information content (AvgIpc) is 3.42. The maximum atomic E-state index is 6.70. The molecule has 1 spiro atoms. The van der Waals surface area contributed by atoms with E-state index in [0.29, 0.717) is 6.79 Å². The molecule has 1 fully saturated rings. The van der Waals surface area contributed by atoms with Crippen LogP contribution in [-0.2, 0) is 0 Å². The van der Waals surface area contributed by atoms with Gasteiger partial charge in [0.15, 0.2) is 17.2 Å². The van der Waals surface area contributed by atoms with Crippen LogP contribution in [0.4, 0.5) is 0 Å². The zero-order chi connectivity index (χ0) is 19.4. The Morgan fingerprint density at radius 2 is 1.90 bits per heavy atom. The maximum absolute atomic E-state index is 6.70. The first-order valence-electron chi connectivity index (χ1n) is 10.6. The largest absolute Gasteiger partial charge is 0.470 e. The third kappa shape index (κ3) is 2.63. The van der Waals surface area contributed by atoms with Gasteiger partial charge in [-0.1, -0.05) is 18.2 Å². The van der Waals surface area contributed by atoms with Gasteiger partial charge in [-0.25, -0.2) is 0 Å². The number of hydrazine groups is 1. The molecule has 0 radical (unpaired) electrons. The first kappa shape index (κ1) is 17.2. The minimum absolute atomic E-state index is 0.156. The second-order valence-electron chi connectivity index (χ2n) is 8.26. The van der Waals surface area contributed by atoms with Crippen molar-refractivity contribution in [3.63, 3.8) is 0 Å². The zero-order valence-electron chi connectivity index (χ0n) is 16.6. The monoisotopic (exact) mass is 392 g/mol. The van der Waals surface area contributed by atoms with Gasteiger partial charge < -0.3 is 24.5 Å². The van der Waals surface area contributed by atoms with E-state index in [1.54, 1.807) is 4.90 Å². The van der Waals surface area contributed by atoms with E-state index in [4.69, 9.17) is 14.2 Å². The van der Waals surface area contributed by atoms with Gasteiger partial charge in [0.2, 0.25) is 6.79 Å². The standard InChI is InChI=1S/C23H25N3O3/c1-2-25-11-9-23(10-12-25)26-19(17-5-3-4-6-20(17)29-23)14-18(24-26)16-7-8-21-22(13-16)28-15-27-21/h3-8,13-14,19,24H,2,9-12,15H2,1H3/p+1/t19-/m0/s1. The topological polar surface area (TPSA) is 47.4 Å². The number of para-hydroxylation sites is 1. The minimum atomic E-state index is -0.313. The molecule has 4 heterocycles. The molecule has 1 atom stereocenters. The van der Waals surface area contributed by atoms with Crippen LogP contribution in [0.15, 0.2) is 48.5 Å². The number of nitrogens with zero attached hydrogens (tertiary/aromatic N) is 1. The lowest BCUT2D eigenvalue weighted by Gasteiger charge is -2.50. The lowest BCUT2D eigenvalue weighted by Crippen LogP contribution is -3.13. The smallest absolute Gasteiger partial charge is 0.231 e. The molecule has 0 aromatic heterocycles. The number of fused-ring (bicyclic) bond motifs is 5. The van der Waals surface area contributed by atoms with E-state index in [2.05, 4.69) is 59.8 Å². The molecule has 2 aromatic rings. The fraction of sp³-hybridized carbons (Fsp3) is 0.391. The van der Waals surface area contributed by atoms with Crippen LogP contribution in [-0.4, -0.2) is 37.2 Å². The molecule has 6 nitrogen and oxygen atoms in total. The van der Waals surface area contributed by atoms with Crippen molar-refractivity contribution in [3.8, 4) is 17.2 Å². The number of nitrogens with one attached hydrogen (secondary N) is 2. The van der Waals surface area contributed by atoms with Crippen LogP contribution in [0.25, 0.3) is 5.70 Å². The second kappa shape index (κ2) is 6.40. The Bertz CT molecular complexity index is 981. The van der Waals surface area contributed by atoms with Crippen LogP contribution in [0.5, 0.6) is 17.2 Å². The van der Waals surface area contributed by atoms with Crippen molar-refractivity contribution in [2.45, 2.75) is 31.5 Å². The lowest BCUT2D eigenvalue weighted by atomic mass is 9.93. The fourth-order valence-electron chi connectivity index (χ4n) is 5.04. The van der Waals surface area contributed by atoms with Crippen LogP contribution >= 0.6 is 0 Å². The van der Waals surface area contributed by atoms with Crippen molar-refractivity contribution in [1.82, 2.24) is 10.4 Å². The predicted molar refractivity (Wildman–Crippen MR) is 109 cm³/mol. The van der Waals surface area contributed by atoms with Gasteiger partial charge >= 0.3 is 0 Å². The molecule has 4 aliphatic heterocycles. The summed E-state index contributed by atoms with van der Waals surface area (Å²) in [6.07, 6.45) is 4.34. The Hall–Kier alpha value is -2.70. The van der Waals surface area contributed by atoms with Gasteiger partial charge in [0.25, 0.3) is 0 Å². The Kier molecular flexibility index (Phi) is 3.79. The summed E-state index contributed by atoms with van der Waals surface area (Å²) in [5.41, 5.74) is 6.80. The SMILES string of the molecule is CC[NH+]1CCC2(CC1)Oc1ccccc1[C@@H]1C=C(c3ccc4c(c3)OCO4)NN12. The first-order chi connectivity index (χ1) is 14.3. The van der Waals surface area contributed by atoms with E-state index >= 15 is 0 Å². The van der Waals surface area contributed by atoms with Crippen molar-refractivity contribution in [1.29, 1.82) is 0 Å². The molecule has 6 rings (SSSR count). The molecule has 150 valence electrons. The van der Waals surface area contributed by atoms with E-state index in [9.17, 15) is 0 Å². The Morgan fingerprint density at radius 3 is 2.76 bits per heavy atom. The number of ether oxygens (including phenoxy) is 3. The van der Waals surface area contributed by atoms with Gasteiger partial charge in [-0.05, 0) is 37.3 Å². The molecular formula is C23H26N3O3+. The fourth-order valence-corrected chi connectivity index (χ4v) is 5.04. The van der Waals surface area contributed by atoms with Gasteiger partial charge in [0, 0.05) is 11.1 Å². The van der Waals surface area contributed by atoms with Crippen molar-refractivity contribution in [2.24, 2.45) is 0 Å². The predicted octanol–water partition coefficient (Wildman–Crippen LogP) is 2.10. The van der Waals surface area contributed by atoms with Crippen molar-refractivity contribution >= 4 is 5.70 Å². The highest BCUT2D eigenvalue weighted by Gasteiger charge is 2.52. The van der Waals surface area contributed by atoms with Crippen LogP contribution in [0.3, 0.4) is 0 Å². The van der Waals surface area contributed by atoms with Crippen LogP contribution in [0.2, 0.25) is 0 Å². The summed E-state index contributed by atoms with van der Waals surface area (Å²) in [4.78, 5) is 1.65. The summed E-state index contributed by atoms with van der Waals surface area (Å²) in [6, 6.07) is 14.7. The molecule has 0 bridgehead atoms. The van der Waals surface area contributed by atoms with Gasteiger partial charge in [-0.15, -0.1) is 0 Å². The van der Waals surface area contributed by atoms with Crippen LogP contribution < -0.4 is 24.5 Å². The number of rotatable bonds is 2. The summed E-state index contributed by atoms with van der Waals surface area (Å²) >= 11 is 0. The van der Waals surface area contributed by atoms with Crippen LogP contribution in [0, 0.1) is 0 Å². The van der Waals surface area contributed by atoms with Gasteiger partial charge in [0.05, 0.1) is 44.2 Å². The average molecular weight is 392 g/mol. The summed E-state index contributed by atoms with van der Waals surface area (Å²) in [7, 11) is 0. The Morgan fingerprint density at radius 1 is 1.07 bits per heavy atom. The Labute approximate surface area is 170 Å². The van der Waals surface area contributed by atoms with Crippen LogP contribution in [0.1, 0.15) is 36.9 Å². The minimum Gasteiger partial charge on any atom is -0.470 e. The summed E-state index contributed by atoms with van der Waals surface area (Å²) < 4.78 is 17.8. The van der Waals surface area contributed by atoms with Gasteiger partial charge in [-0.3, -0.25) is 0 Å². The first-order valence-corrected chi connectivity index (χ1v) is 10.6. The second-order valence-corrected chi connectivity index (χ2v) is 8.26.